The number of hydrogen-bond acceptors (Lipinski definition) is 11. The highest BCUT2D eigenvalue weighted by Gasteiger charge is 2.37. The fourth-order valence-electron chi connectivity index (χ4n) is 5.68. The zero-order valence-corrected chi connectivity index (χ0v) is 32.5. The summed E-state index contributed by atoms with van der Waals surface area (Å²) in [6, 6.07) is -4.17. The molecule has 19 heteroatoms. The van der Waals surface area contributed by atoms with Gasteiger partial charge in [-0.05, 0) is 104 Å². The van der Waals surface area contributed by atoms with Crippen molar-refractivity contribution < 1.29 is 52.1 Å². The van der Waals surface area contributed by atoms with Crippen LogP contribution in [0.25, 0.3) is 0 Å². The van der Waals surface area contributed by atoms with E-state index < -0.39 is 75.6 Å². The van der Waals surface area contributed by atoms with Crippen LogP contribution in [0.1, 0.15) is 95.4 Å². The predicted molar refractivity (Wildman–Crippen MR) is 195 cm³/mol. The Balaban J connectivity index is 2.02. The van der Waals surface area contributed by atoms with Crippen LogP contribution in [0.4, 0.5) is 4.79 Å². The Hall–Kier alpha value is -4.65. The average molecular weight is 770 g/mol. The summed E-state index contributed by atoms with van der Waals surface area (Å²) in [5, 5.41) is 25.6. The molecule has 1 aliphatic heterocycles. The molecule has 0 radical (unpaired) electrons. The van der Waals surface area contributed by atoms with Crippen LogP contribution in [0.3, 0.4) is 0 Å². The average Bonchev–Trinajstić information content (AvgIpc) is 3.34. The number of carbonyl (C=O) groups excluding carboxylic acids is 3. The molecule has 0 aliphatic carbocycles. The number of ether oxygens (including phenoxy) is 2. The predicted octanol–water partition coefficient (Wildman–Crippen LogP) is 1.25. The van der Waals surface area contributed by atoms with Crippen LogP contribution in [0.2, 0.25) is 0 Å². The molecule has 3 atom stereocenters. The normalized spacial score (nSPS) is 15.6. The Bertz CT molecular complexity index is 1690. The first-order valence-corrected chi connectivity index (χ1v) is 18.8. The third kappa shape index (κ3) is 13.7. The van der Waals surface area contributed by atoms with Crippen molar-refractivity contribution in [3.8, 4) is 5.75 Å². The molecule has 2 rings (SSSR count). The lowest BCUT2D eigenvalue weighted by Crippen LogP contribution is -2.54. The van der Waals surface area contributed by atoms with E-state index in [0.717, 1.165) is 11.1 Å². The van der Waals surface area contributed by atoms with Crippen molar-refractivity contribution >= 4 is 45.8 Å². The monoisotopic (exact) mass is 769 g/mol. The molecule has 298 valence electrons. The number of fused-ring (bicyclic) bond motifs is 1. The number of amides is 3. The third-order valence-electron chi connectivity index (χ3n) is 8.31. The van der Waals surface area contributed by atoms with E-state index in [1.165, 1.54) is 0 Å². The number of aliphatic carboxylic acids is 2. The van der Waals surface area contributed by atoms with Gasteiger partial charge in [0, 0.05) is 25.1 Å². The summed E-state index contributed by atoms with van der Waals surface area (Å²) in [7, 11) is -4.12. The molecule has 0 unspecified atom stereocenters. The summed E-state index contributed by atoms with van der Waals surface area (Å²) >= 11 is 0. The second-order valence-corrected chi connectivity index (χ2v) is 16.3. The van der Waals surface area contributed by atoms with Crippen LogP contribution in [0.5, 0.6) is 5.75 Å². The second-order valence-electron chi connectivity index (χ2n) is 14.7. The van der Waals surface area contributed by atoms with Crippen molar-refractivity contribution in [2.75, 3.05) is 13.1 Å². The maximum atomic E-state index is 13.4. The number of hydrogen-bond donors (Lipinski definition) is 8. The van der Waals surface area contributed by atoms with Gasteiger partial charge in [0.05, 0.1) is 17.4 Å². The number of unbranched alkanes of at least 4 members (excludes halogenated alkanes) is 1. The van der Waals surface area contributed by atoms with Crippen molar-refractivity contribution in [3.05, 3.63) is 22.3 Å². The first-order valence-electron chi connectivity index (χ1n) is 17.3. The number of nitrogens with two attached hydrogens (primary N) is 2. The zero-order chi connectivity index (χ0) is 40.5. The SMILES string of the molecule is Cc1c(C)c(S(=O)(=O)NC(N)=NCCC[C@H](N)C(=O)N[C@@H](CCCCNC(=O)OC(C)(C)C)C(=O)N[C@@H](CC(=O)O)C(=O)O)c(C)c2c1OC(C)(C)C2. The Morgan fingerprint density at radius 2 is 1.57 bits per heavy atom. The number of sulfonamides is 1. The van der Waals surface area contributed by atoms with Crippen LogP contribution >= 0.6 is 0 Å². The summed E-state index contributed by atoms with van der Waals surface area (Å²) < 4.78 is 40.4. The topological polar surface area (TPSA) is 291 Å². The van der Waals surface area contributed by atoms with Crippen LogP contribution in [0, 0.1) is 20.8 Å². The van der Waals surface area contributed by atoms with E-state index in [9.17, 15) is 37.5 Å². The van der Waals surface area contributed by atoms with Gasteiger partial charge in [-0.1, -0.05) is 0 Å². The molecule has 0 saturated carbocycles. The Labute approximate surface area is 310 Å². The lowest BCUT2D eigenvalue weighted by atomic mass is 9.94. The lowest BCUT2D eigenvalue weighted by Gasteiger charge is -2.23. The molecule has 10 N–H and O–H groups in total. The van der Waals surface area contributed by atoms with Crippen LogP contribution in [-0.4, -0.2) is 96.9 Å². The number of carboxylic acids is 2. The van der Waals surface area contributed by atoms with Gasteiger partial charge >= 0.3 is 18.0 Å². The van der Waals surface area contributed by atoms with Crippen molar-refractivity contribution in [2.24, 2.45) is 16.5 Å². The minimum Gasteiger partial charge on any atom is -0.487 e. The molecule has 1 aromatic rings. The van der Waals surface area contributed by atoms with Gasteiger partial charge in [0.25, 0.3) is 10.0 Å². The van der Waals surface area contributed by atoms with Crippen molar-refractivity contribution in [1.82, 2.24) is 20.7 Å². The summed E-state index contributed by atoms with van der Waals surface area (Å²) in [6.07, 6.45) is -0.0595. The number of benzene rings is 1. The highest BCUT2D eigenvalue weighted by molar-refractivity contribution is 7.90. The largest absolute Gasteiger partial charge is 0.487 e. The molecule has 0 aromatic heterocycles. The van der Waals surface area contributed by atoms with Gasteiger partial charge in [-0.25, -0.2) is 22.7 Å². The van der Waals surface area contributed by atoms with E-state index in [-0.39, 0.29) is 43.2 Å². The number of carbonyl (C=O) groups is 5. The summed E-state index contributed by atoms with van der Waals surface area (Å²) in [5.41, 5.74) is 13.5. The van der Waals surface area contributed by atoms with E-state index in [4.69, 9.17) is 26.0 Å². The molecule has 18 nitrogen and oxygen atoms in total. The highest BCUT2D eigenvalue weighted by Crippen LogP contribution is 2.43. The minimum absolute atomic E-state index is 0.00256. The second kappa shape index (κ2) is 18.4. The van der Waals surface area contributed by atoms with Crippen molar-refractivity contribution in [3.63, 3.8) is 0 Å². The van der Waals surface area contributed by atoms with Gasteiger partial charge < -0.3 is 47.1 Å². The number of carboxylic acid groups (broad SMARTS) is 2. The summed E-state index contributed by atoms with van der Waals surface area (Å²) in [4.78, 5) is 64.7. The number of rotatable bonds is 18. The molecular weight excluding hydrogens is 714 g/mol. The summed E-state index contributed by atoms with van der Waals surface area (Å²) in [6.45, 7) is 14.4. The van der Waals surface area contributed by atoms with Gasteiger partial charge in [0.1, 0.15) is 29.0 Å². The smallest absolute Gasteiger partial charge is 0.407 e. The maximum Gasteiger partial charge on any atom is 0.407 e. The van der Waals surface area contributed by atoms with E-state index in [2.05, 4.69) is 25.7 Å². The molecule has 1 aromatic carbocycles. The van der Waals surface area contributed by atoms with Crippen molar-refractivity contribution in [2.45, 2.75) is 135 Å². The van der Waals surface area contributed by atoms with Gasteiger partial charge in [0.2, 0.25) is 17.8 Å². The fraction of sp³-hybridized carbons (Fsp3) is 0.647. The molecule has 3 amide bonds. The Kier molecular flexibility index (Phi) is 15.5. The molecule has 0 bridgehead atoms. The summed E-state index contributed by atoms with van der Waals surface area (Å²) in [5.74, 6) is -4.36. The van der Waals surface area contributed by atoms with Gasteiger partial charge in [-0.3, -0.25) is 19.4 Å². The number of nitrogens with one attached hydrogen (secondary N) is 4. The van der Waals surface area contributed by atoms with Gasteiger partial charge in [0.15, 0.2) is 0 Å². The quantitative estimate of drug-likeness (QED) is 0.0593. The number of aliphatic imine (C=N–C) groups is 1. The molecule has 1 heterocycles. The molecule has 53 heavy (non-hydrogen) atoms. The van der Waals surface area contributed by atoms with Gasteiger partial charge in [-0.2, -0.15) is 0 Å². The first kappa shape index (κ1) is 44.5. The van der Waals surface area contributed by atoms with Gasteiger partial charge in [-0.15, -0.1) is 0 Å². The lowest BCUT2D eigenvalue weighted by molar-refractivity contribution is -0.147. The fourth-order valence-corrected chi connectivity index (χ4v) is 7.21. The highest BCUT2D eigenvalue weighted by atomic mass is 32.2. The Morgan fingerprint density at radius 1 is 0.943 bits per heavy atom. The zero-order valence-electron chi connectivity index (χ0n) is 31.7. The molecular formula is C34H55N7O11S. The van der Waals surface area contributed by atoms with E-state index in [1.807, 2.05) is 13.8 Å². The Morgan fingerprint density at radius 3 is 2.15 bits per heavy atom. The third-order valence-corrected chi connectivity index (χ3v) is 9.93. The van der Waals surface area contributed by atoms with Crippen LogP contribution in [-0.2, 0) is 40.4 Å². The minimum atomic E-state index is -4.12. The van der Waals surface area contributed by atoms with Crippen LogP contribution < -0.4 is 36.9 Å². The van der Waals surface area contributed by atoms with Crippen LogP contribution in [0.15, 0.2) is 9.89 Å². The molecule has 1 aliphatic rings. The van der Waals surface area contributed by atoms with E-state index in [0.29, 0.717) is 36.1 Å². The first-order chi connectivity index (χ1) is 24.3. The molecule has 0 fully saturated rings. The maximum absolute atomic E-state index is 13.4. The molecule has 0 saturated heterocycles. The number of guanidine groups is 1. The standard InChI is InChI=1S/C34H55N7O11S/c1-18-19(2)27(20(3)21-17-34(7,8)51-26(18)21)53(49,50)41-31(36)37-15-11-12-22(35)28(44)39-23(29(45)40-24(30(46)47)16-25(42)43)13-9-10-14-38-32(48)52-33(4,5)6/h22-24H,9-17,35H2,1-8H3,(H,38,48)(H,39,44)(H,40,45)(H,42,43)(H,46,47)(H3,36,37,41)/t22-,23-,24-/m0/s1. The number of alkyl carbamates (subject to hydrolysis) is 1. The van der Waals surface area contributed by atoms with Crippen molar-refractivity contribution in [1.29, 1.82) is 0 Å². The van der Waals surface area contributed by atoms with E-state index >= 15 is 0 Å². The van der Waals surface area contributed by atoms with E-state index in [1.54, 1.807) is 41.5 Å². The number of nitrogens with zero attached hydrogens (tertiary/aromatic N) is 1. The molecule has 0 spiro atoms.